The molecule has 2 amide bonds. The molecule has 196 valence electrons. The van der Waals surface area contributed by atoms with Crippen molar-refractivity contribution in [3.05, 3.63) is 47.0 Å². The highest BCUT2D eigenvalue weighted by atomic mass is 35.5. The number of hydrogen-bond acceptors (Lipinski definition) is 6. The minimum atomic E-state index is -0.423. The van der Waals surface area contributed by atoms with Crippen LogP contribution in [0.25, 0.3) is 0 Å². The van der Waals surface area contributed by atoms with Gasteiger partial charge in [0, 0.05) is 29.2 Å². The van der Waals surface area contributed by atoms with E-state index in [4.69, 9.17) is 25.8 Å². The third-order valence-corrected chi connectivity index (χ3v) is 7.55. The molecule has 0 aromatic heterocycles. The van der Waals surface area contributed by atoms with E-state index in [1.807, 2.05) is 12.1 Å². The summed E-state index contributed by atoms with van der Waals surface area (Å²) in [5.74, 6) is 2.01. The third kappa shape index (κ3) is 6.35. The molecule has 2 aromatic rings. The lowest BCUT2D eigenvalue weighted by Gasteiger charge is -2.38. The van der Waals surface area contributed by atoms with Crippen LogP contribution in [0.4, 0.5) is 10.5 Å². The smallest absolute Gasteiger partial charge is 0.319 e. The number of hydrogen-bond donors (Lipinski definition) is 3. The summed E-state index contributed by atoms with van der Waals surface area (Å²) in [5.41, 5.74) is 1.84. The number of anilines is 1. The Labute approximate surface area is 217 Å². The van der Waals surface area contributed by atoms with E-state index in [0.717, 1.165) is 37.4 Å². The fourth-order valence-electron chi connectivity index (χ4n) is 5.48. The summed E-state index contributed by atoms with van der Waals surface area (Å²) in [7, 11) is 4.60. The zero-order chi connectivity index (χ0) is 25.7. The molecule has 9 heteroatoms. The number of rotatable bonds is 8. The fraction of sp³-hybridized carbons (Fsp3) is 0.519. The molecule has 4 rings (SSSR count). The van der Waals surface area contributed by atoms with Crippen molar-refractivity contribution in [3.63, 3.8) is 0 Å². The highest BCUT2D eigenvalue weighted by Crippen LogP contribution is 2.40. The number of ether oxygens (including phenoxy) is 3. The topological polar surface area (TPSA) is 92.3 Å². The number of carbonyl (C=O) groups excluding carboxylic acids is 1. The van der Waals surface area contributed by atoms with Crippen molar-refractivity contribution in [3.8, 4) is 17.2 Å². The van der Waals surface area contributed by atoms with Gasteiger partial charge in [-0.05, 0) is 68.8 Å². The third-order valence-electron chi connectivity index (χ3n) is 7.30. The van der Waals surface area contributed by atoms with Crippen molar-refractivity contribution < 1.29 is 24.1 Å². The van der Waals surface area contributed by atoms with Gasteiger partial charge < -0.3 is 30.0 Å². The SMILES string of the molecule is COc1cc(NC(=O)N[C@@H]2C[C@H](O)C[C@@H]2N2CCC(Cc3ccc(Cl)cc3)CC2)cc(OC)c1OC. The van der Waals surface area contributed by atoms with Gasteiger partial charge >= 0.3 is 6.03 Å². The first-order chi connectivity index (χ1) is 17.4. The average Bonchev–Trinajstić information content (AvgIpc) is 3.24. The van der Waals surface area contributed by atoms with Crippen molar-refractivity contribution in [1.82, 2.24) is 10.2 Å². The average molecular weight is 518 g/mol. The second kappa shape index (κ2) is 12.0. The molecule has 1 saturated heterocycles. The standard InChI is InChI=1S/C27H36ClN3O5/c1-34-24-13-20(14-25(35-2)26(24)36-3)29-27(33)30-22-15-21(32)16-23(22)31-10-8-18(9-11-31)12-17-4-6-19(28)7-5-17/h4-7,13-14,18,21-23,32H,8-12,15-16H2,1-3H3,(H2,29,30,33)/t21-,22+,23-/m0/s1. The number of likely N-dealkylation sites (tertiary alicyclic amines) is 1. The molecule has 0 spiro atoms. The maximum Gasteiger partial charge on any atom is 0.319 e. The van der Waals surface area contributed by atoms with E-state index >= 15 is 0 Å². The maximum absolute atomic E-state index is 12.9. The number of carbonyl (C=O) groups is 1. The molecule has 0 bridgehead atoms. The second-order valence-corrected chi connectivity index (χ2v) is 10.1. The van der Waals surface area contributed by atoms with Crippen LogP contribution in [0, 0.1) is 5.92 Å². The van der Waals surface area contributed by atoms with E-state index < -0.39 is 6.10 Å². The minimum absolute atomic E-state index is 0.113. The molecule has 2 aliphatic rings. The van der Waals surface area contributed by atoms with Crippen molar-refractivity contribution in [1.29, 1.82) is 0 Å². The molecule has 0 unspecified atom stereocenters. The highest BCUT2D eigenvalue weighted by Gasteiger charge is 2.39. The first-order valence-corrected chi connectivity index (χ1v) is 12.8. The zero-order valence-electron chi connectivity index (χ0n) is 21.1. The molecule has 2 aromatic carbocycles. The quantitative estimate of drug-likeness (QED) is 0.482. The van der Waals surface area contributed by atoms with Crippen molar-refractivity contribution in [2.45, 2.75) is 50.3 Å². The van der Waals surface area contributed by atoms with Crippen molar-refractivity contribution in [2.24, 2.45) is 5.92 Å². The summed E-state index contributed by atoms with van der Waals surface area (Å²) in [6.07, 6.45) is 4.03. The van der Waals surface area contributed by atoms with Gasteiger partial charge in [-0.25, -0.2) is 4.79 Å². The zero-order valence-corrected chi connectivity index (χ0v) is 21.9. The van der Waals surface area contributed by atoms with E-state index in [9.17, 15) is 9.90 Å². The molecular weight excluding hydrogens is 482 g/mol. The molecule has 3 N–H and O–H groups in total. The number of nitrogens with zero attached hydrogens (tertiary/aromatic N) is 1. The number of methoxy groups -OCH3 is 3. The van der Waals surface area contributed by atoms with Crippen LogP contribution >= 0.6 is 11.6 Å². The lowest BCUT2D eigenvalue weighted by molar-refractivity contribution is 0.109. The van der Waals surface area contributed by atoms with Gasteiger partial charge in [0.1, 0.15) is 0 Å². The largest absolute Gasteiger partial charge is 0.493 e. The van der Waals surface area contributed by atoms with Gasteiger partial charge in [-0.15, -0.1) is 0 Å². The molecule has 0 radical (unpaired) electrons. The number of halogens is 1. The number of aliphatic hydroxyl groups excluding tert-OH is 1. The van der Waals surface area contributed by atoms with Crippen LogP contribution in [0.2, 0.25) is 5.02 Å². The second-order valence-electron chi connectivity index (χ2n) is 9.62. The minimum Gasteiger partial charge on any atom is -0.493 e. The Balaban J connectivity index is 1.34. The number of urea groups is 1. The van der Waals surface area contributed by atoms with E-state index in [2.05, 4.69) is 27.7 Å². The van der Waals surface area contributed by atoms with Crippen LogP contribution in [0.3, 0.4) is 0 Å². The summed E-state index contributed by atoms with van der Waals surface area (Å²) in [6.45, 7) is 1.92. The summed E-state index contributed by atoms with van der Waals surface area (Å²) in [5, 5.41) is 17.1. The number of amides is 2. The molecule has 1 aliphatic carbocycles. The fourth-order valence-corrected chi connectivity index (χ4v) is 5.61. The molecule has 1 heterocycles. The maximum atomic E-state index is 12.9. The van der Waals surface area contributed by atoms with Crippen LogP contribution in [-0.2, 0) is 6.42 Å². The number of piperidine rings is 1. The van der Waals surface area contributed by atoms with Crippen molar-refractivity contribution in [2.75, 3.05) is 39.7 Å². The van der Waals surface area contributed by atoms with Crippen LogP contribution in [0.5, 0.6) is 17.2 Å². The Morgan fingerprint density at radius 3 is 2.25 bits per heavy atom. The lowest BCUT2D eigenvalue weighted by Crippen LogP contribution is -2.52. The first-order valence-electron chi connectivity index (χ1n) is 12.4. The van der Waals surface area contributed by atoms with E-state index in [1.54, 1.807) is 12.1 Å². The van der Waals surface area contributed by atoms with Crippen LogP contribution in [0.15, 0.2) is 36.4 Å². The molecule has 36 heavy (non-hydrogen) atoms. The van der Waals surface area contributed by atoms with Gasteiger partial charge in [0.15, 0.2) is 11.5 Å². The number of nitrogens with one attached hydrogen (secondary N) is 2. The molecule has 3 atom stereocenters. The van der Waals surface area contributed by atoms with Gasteiger partial charge in [0.05, 0.1) is 33.1 Å². The Hall–Kier alpha value is -2.68. The summed E-state index contributed by atoms with van der Waals surface area (Å²) < 4.78 is 16.1. The molecular formula is C27H36ClN3O5. The normalized spacial score (nSPS) is 22.8. The highest BCUT2D eigenvalue weighted by molar-refractivity contribution is 6.30. The summed E-state index contributed by atoms with van der Waals surface area (Å²) >= 11 is 6.01. The molecule has 8 nitrogen and oxygen atoms in total. The van der Waals surface area contributed by atoms with Crippen molar-refractivity contribution >= 4 is 23.3 Å². The van der Waals surface area contributed by atoms with Gasteiger partial charge in [-0.1, -0.05) is 23.7 Å². The Kier molecular flexibility index (Phi) is 8.82. The van der Waals surface area contributed by atoms with E-state index in [-0.39, 0.29) is 18.1 Å². The number of benzene rings is 2. The molecule has 2 fully saturated rings. The van der Waals surface area contributed by atoms with Gasteiger partial charge in [0.2, 0.25) is 5.75 Å². The Morgan fingerprint density at radius 1 is 1.03 bits per heavy atom. The Morgan fingerprint density at radius 2 is 1.67 bits per heavy atom. The lowest BCUT2D eigenvalue weighted by atomic mass is 9.89. The molecule has 1 saturated carbocycles. The number of aliphatic hydroxyl groups is 1. The van der Waals surface area contributed by atoms with E-state index in [0.29, 0.717) is 41.7 Å². The first kappa shape index (κ1) is 26.4. The summed E-state index contributed by atoms with van der Waals surface area (Å²) in [6, 6.07) is 11.1. The van der Waals surface area contributed by atoms with Crippen LogP contribution in [-0.4, -0.2) is 68.6 Å². The van der Waals surface area contributed by atoms with Crippen LogP contribution in [0.1, 0.15) is 31.2 Å². The van der Waals surface area contributed by atoms with Gasteiger partial charge in [0.25, 0.3) is 0 Å². The Bertz CT molecular complexity index is 1000. The van der Waals surface area contributed by atoms with Gasteiger partial charge in [-0.2, -0.15) is 0 Å². The predicted molar refractivity (Wildman–Crippen MR) is 141 cm³/mol. The van der Waals surface area contributed by atoms with Crippen LogP contribution < -0.4 is 24.8 Å². The predicted octanol–water partition coefficient (Wildman–Crippen LogP) is 4.33. The van der Waals surface area contributed by atoms with E-state index in [1.165, 1.54) is 26.9 Å². The summed E-state index contributed by atoms with van der Waals surface area (Å²) in [4.78, 5) is 15.3. The van der Waals surface area contributed by atoms with Gasteiger partial charge in [-0.3, -0.25) is 4.90 Å². The molecule has 1 aliphatic heterocycles. The monoisotopic (exact) mass is 517 g/mol.